The Hall–Kier alpha value is -3.68. The fraction of sp³-hybridized carbons (Fsp3) is 0.238. The highest BCUT2D eigenvalue weighted by Gasteiger charge is 2.21. The summed E-state index contributed by atoms with van der Waals surface area (Å²) >= 11 is 0. The van der Waals surface area contributed by atoms with Crippen LogP contribution < -0.4 is 15.4 Å². The topological polar surface area (TPSA) is 111 Å². The predicted molar refractivity (Wildman–Crippen MR) is 104 cm³/mol. The zero-order valence-electron chi connectivity index (χ0n) is 15.8. The van der Waals surface area contributed by atoms with Crippen molar-refractivity contribution in [3.63, 3.8) is 0 Å². The van der Waals surface area contributed by atoms with Gasteiger partial charge >= 0.3 is 5.97 Å². The molecule has 1 aliphatic rings. The van der Waals surface area contributed by atoms with Crippen LogP contribution in [0.1, 0.15) is 22.8 Å². The molecule has 29 heavy (non-hydrogen) atoms. The van der Waals surface area contributed by atoms with Crippen LogP contribution in [0.15, 0.2) is 48.5 Å². The van der Waals surface area contributed by atoms with Gasteiger partial charge in [0, 0.05) is 11.3 Å². The Kier molecular flexibility index (Phi) is 6.23. The molecule has 2 aromatic carbocycles. The van der Waals surface area contributed by atoms with Crippen molar-refractivity contribution in [1.29, 1.82) is 0 Å². The van der Waals surface area contributed by atoms with Crippen molar-refractivity contribution in [2.45, 2.75) is 19.4 Å². The second-order valence-corrected chi connectivity index (χ2v) is 6.52. The Labute approximate surface area is 167 Å². The molecule has 1 heterocycles. The van der Waals surface area contributed by atoms with Gasteiger partial charge in [0.15, 0.2) is 19.0 Å². The summed E-state index contributed by atoms with van der Waals surface area (Å²) < 4.78 is 10.3. The number of benzene rings is 2. The van der Waals surface area contributed by atoms with Gasteiger partial charge in [-0.05, 0) is 42.8 Å². The molecule has 2 amide bonds. The smallest absolute Gasteiger partial charge is 0.328 e. The van der Waals surface area contributed by atoms with Crippen LogP contribution in [0, 0.1) is 0 Å². The molecular formula is C21H20N2O6. The summed E-state index contributed by atoms with van der Waals surface area (Å²) in [5.41, 5.74) is 1.75. The van der Waals surface area contributed by atoms with Gasteiger partial charge in [0.05, 0.1) is 6.42 Å². The van der Waals surface area contributed by atoms with Gasteiger partial charge in [-0.3, -0.25) is 14.4 Å². The van der Waals surface area contributed by atoms with Crippen LogP contribution in [0.5, 0.6) is 5.75 Å². The van der Waals surface area contributed by atoms with E-state index in [-0.39, 0.29) is 18.9 Å². The summed E-state index contributed by atoms with van der Waals surface area (Å²) in [5.74, 6) is -1.21. The molecule has 0 radical (unpaired) electrons. The summed E-state index contributed by atoms with van der Waals surface area (Å²) in [6, 6.07) is 12.7. The number of esters is 1. The van der Waals surface area contributed by atoms with E-state index in [1.807, 2.05) is 6.07 Å². The van der Waals surface area contributed by atoms with E-state index in [1.165, 1.54) is 6.92 Å². The zero-order valence-corrected chi connectivity index (χ0v) is 15.8. The number of carbonyl (C=O) groups is 4. The lowest BCUT2D eigenvalue weighted by molar-refractivity contribution is -0.146. The van der Waals surface area contributed by atoms with E-state index in [9.17, 15) is 19.2 Å². The molecule has 0 fully saturated rings. The highest BCUT2D eigenvalue weighted by Crippen LogP contribution is 2.24. The van der Waals surface area contributed by atoms with Gasteiger partial charge in [0.25, 0.3) is 5.91 Å². The minimum absolute atomic E-state index is 0.128. The number of anilines is 1. The Balaban J connectivity index is 1.43. The van der Waals surface area contributed by atoms with Crippen LogP contribution in [0.4, 0.5) is 5.69 Å². The van der Waals surface area contributed by atoms with Crippen molar-refractivity contribution in [1.82, 2.24) is 5.32 Å². The van der Waals surface area contributed by atoms with Crippen molar-refractivity contribution in [2.24, 2.45) is 0 Å². The molecule has 1 atom stereocenters. The zero-order chi connectivity index (χ0) is 20.8. The second kappa shape index (κ2) is 9.01. The second-order valence-electron chi connectivity index (χ2n) is 6.52. The third kappa shape index (κ3) is 5.41. The van der Waals surface area contributed by atoms with E-state index < -0.39 is 30.3 Å². The van der Waals surface area contributed by atoms with Crippen LogP contribution in [0.3, 0.4) is 0 Å². The van der Waals surface area contributed by atoms with Crippen molar-refractivity contribution >= 4 is 29.3 Å². The van der Waals surface area contributed by atoms with Gasteiger partial charge in [0.2, 0.25) is 5.91 Å². The molecule has 2 aromatic rings. The van der Waals surface area contributed by atoms with E-state index in [0.29, 0.717) is 17.0 Å². The first-order chi connectivity index (χ1) is 13.9. The fourth-order valence-corrected chi connectivity index (χ4v) is 2.76. The first-order valence-corrected chi connectivity index (χ1v) is 9.02. The number of Topliss-reactive ketones (excluding diaryl/α,β-unsaturated/α-hetero) is 1. The minimum atomic E-state index is -0.934. The average Bonchev–Trinajstić information content (AvgIpc) is 3.10. The number of ketones is 1. The summed E-state index contributed by atoms with van der Waals surface area (Å²) in [5, 5.41) is 5.14. The maximum absolute atomic E-state index is 12.2. The lowest BCUT2D eigenvalue weighted by Crippen LogP contribution is -2.42. The molecule has 0 aliphatic carbocycles. The Morgan fingerprint density at radius 1 is 1.10 bits per heavy atom. The highest BCUT2D eigenvalue weighted by atomic mass is 16.5. The predicted octanol–water partition coefficient (Wildman–Crippen LogP) is 1.49. The monoisotopic (exact) mass is 396 g/mol. The molecule has 0 saturated heterocycles. The largest absolute Gasteiger partial charge is 0.484 e. The van der Waals surface area contributed by atoms with Crippen LogP contribution in [-0.4, -0.2) is 42.8 Å². The van der Waals surface area contributed by atoms with Crippen LogP contribution in [0.2, 0.25) is 0 Å². The molecule has 0 unspecified atom stereocenters. The number of rotatable bonds is 8. The van der Waals surface area contributed by atoms with Gasteiger partial charge in [-0.15, -0.1) is 0 Å². The Bertz CT molecular complexity index is 941. The Morgan fingerprint density at radius 2 is 1.86 bits per heavy atom. The third-order valence-corrected chi connectivity index (χ3v) is 4.24. The summed E-state index contributed by atoms with van der Waals surface area (Å²) in [4.78, 5) is 47.5. The van der Waals surface area contributed by atoms with E-state index in [1.54, 1.807) is 42.5 Å². The molecule has 0 saturated carbocycles. The molecule has 0 bridgehead atoms. The first kappa shape index (κ1) is 20.1. The Morgan fingerprint density at radius 3 is 2.62 bits per heavy atom. The standard InChI is InChI=1S/C21H20N2O6/c1-13(22-20(26)12-28-16-5-3-2-4-6-16)21(27)29-11-18(24)14-7-8-17-15(9-14)10-19(25)23-17/h2-9,13H,10-12H2,1H3,(H,22,26)(H,23,25)/t13-/m0/s1. The molecule has 0 aromatic heterocycles. The van der Waals surface area contributed by atoms with Crippen molar-refractivity contribution < 1.29 is 28.7 Å². The van der Waals surface area contributed by atoms with Crippen molar-refractivity contribution in [2.75, 3.05) is 18.5 Å². The number of fused-ring (bicyclic) bond motifs is 1. The summed E-state index contributed by atoms with van der Waals surface area (Å²) in [6.45, 7) is 0.752. The lowest BCUT2D eigenvalue weighted by atomic mass is 10.1. The average molecular weight is 396 g/mol. The number of para-hydroxylation sites is 1. The van der Waals surface area contributed by atoms with Gasteiger partial charge in [-0.25, -0.2) is 4.79 Å². The van der Waals surface area contributed by atoms with Gasteiger partial charge in [0.1, 0.15) is 11.8 Å². The summed E-state index contributed by atoms with van der Waals surface area (Å²) in [7, 11) is 0. The first-order valence-electron chi connectivity index (χ1n) is 9.02. The minimum Gasteiger partial charge on any atom is -0.484 e. The van der Waals surface area contributed by atoms with Crippen LogP contribution in [0.25, 0.3) is 0 Å². The molecule has 0 spiro atoms. The summed E-state index contributed by atoms with van der Waals surface area (Å²) in [6.07, 6.45) is 0.213. The maximum atomic E-state index is 12.2. The van der Waals surface area contributed by atoms with Crippen molar-refractivity contribution in [3.05, 3.63) is 59.7 Å². The van der Waals surface area contributed by atoms with E-state index in [0.717, 1.165) is 5.56 Å². The fourth-order valence-electron chi connectivity index (χ4n) is 2.76. The number of amides is 2. The van der Waals surface area contributed by atoms with Crippen LogP contribution >= 0.6 is 0 Å². The van der Waals surface area contributed by atoms with E-state index >= 15 is 0 Å². The molecule has 3 rings (SSSR count). The van der Waals surface area contributed by atoms with Gasteiger partial charge < -0.3 is 20.1 Å². The highest BCUT2D eigenvalue weighted by molar-refractivity contribution is 6.03. The molecule has 8 heteroatoms. The molecule has 8 nitrogen and oxygen atoms in total. The van der Waals surface area contributed by atoms with Crippen molar-refractivity contribution in [3.8, 4) is 5.75 Å². The maximum Gasteiger partial charge on any atom is 0.328 e. The molecular weight excluding hydrogens is 376 g/mol. The van der Waals surface area contributed by atoms with Gasteiger partial charge in [-0.2, -0.15) is 0 Å². The number of hydrogen-bond acceptors (Lipinski definition) is 6. The van der Waals surface area contributed by atoms with E-state index in [4.69, 9.17) is 9.47 Å². The molecule has 150 valence electrons. The quantitative estimate of drug-likeness (QED) is 0.517. The lowest BCUT2D eigenvalue weighted by Gasteiger charge is -2.13. The molecule has 1 aliphatic heterocycles. The van der Waals surface area contributed by atoms with Gasteiger partial charge in [-0.1, -0.05) is 18.2 Å². The third-order valence-electron chi connectivity index (χ3n) is 4.24. The molecule has 2 N–H and O–H groups in total. The number of nitrogens with one attached hydrogen (secondary N) is 2. The normalized spacial score (nSPS) is 13.1. The van der Waals surface area contributed by atoms with E-state index in [2.05, 4.69) is 10.6 Å². The number of carbonyl (C=O) groups excluding carboxylic acids is 4. The van der Waals surface area contributed by atoms with Crippen LogP contribution in [-0.2, 0) is 25.5 Å². The SMILES string of the molecule is C[C@H](NC(=O)COc1ccccc1)C(=O)OCC(=O)c1ccc2c(c1)CC(=O)N2. The number of hydrogen-bond donors (Lipinski definition) is 2. The number of ether oxygens (including phenoxy) is 2.